The first kappa shape index (κ1) is 21.9. The first-order valence-electron chi connectivity index (χ1n) is 9.60. The number of benzene rings is 2. The number of carbonyl (C=O) groups is 1. The van der Waals surface area contributed by atoms with Crippen LogP contribution in [0.2, 0.25) is 0 Å². The molecule has 0 spiro atoms. The molecule has 0 atom stereocenters. The molecule has 0 bridgehead atoms. The fourth-order valence-electron chi connectivity index (χ4n) is 2.70. The van der Waals surface area contributed by atoms with Crippen molar-refractivity contribution in [2.24, 2.45) is 0 Å². The monoisotopic (exact) mass is 434 g/mol. The molecule has 0 saturated carbocycles. The third kappa shape index (κ3) is 6.63. The zero-order valence-electron chi connectivity index (χ0n) is 17.0. The van der Waals surface area contributed by atoms with Crippen molar-refractivity contribution < 1.29 is 19.0 Å². The first-order valence-corrected chi connectivity index (χ1v) is 10.5. The van der Waals surface area contributed by atoms with Crippen molar-refractivity contribution in [2.45, 2.75) is 6.54 Å². The van der Waals surface area contributed by atoms with E-state index in [2.05, 4.69) is 5.32 Å². The van der Waals surface area contributed by atoms with Crippen molar-refractivity contribution in [1.29, 1.82) is 5.26 Å². The molecule has 0 saturated heterocycles. The van der Waals surface area contributed by atoms with Crippen LogP contribution in [0.4, 0.5) is 0 Å². The van der Waals surface area contributed by atoms with Gasteiger partial charge in [0.05, 0.1) is 13.7 Å². The molecule has 1 heterocycles. The molecule has 0 aliphatic carbocycles. The molecule has 0 fully saturated rings. The van der Waals surface area contributed by atoms with Gasteiger partial charge in [-0.25, -0.2) is 0 Å². The van der Waals surface area contributed by atoms with Gasteiger partial charge in [0.1, 0.15) is 30.6 Å². The summed E-state index contributed by atoms with van der Waals surface area (Å²) >= 11 is 1.55. The van der Waals surface area contributed by atoms with Gasteiger partial charge >= 0.3 is 0 Å². The lowest BCUT2D eigenvalue weighted by atomic mass is 10.1. The normalized spacial score (nSPS) is 10.8. The first-order chi connectivity index (χ1) is 15.2. The summed E-state index contributed by atoms with van der Waals surface area (Å²) in [5.74, 6) is 1.60. The predicted molar refractivity (Wildman–Crippen MR) is 120 cm³/mol. The maximum Gasteiger partial charge on any atom is 0.262 e. The lowest BCUT2D eigenvalue weighted by Crippen LogP contribution is -2.23. The van der Waals surface area contributed by atoms with Crippen LogP contribution >= 0.6 is 11.3 Å². The quantitative estimate of drug-likeness (QED) is 0.290. The van der Waals surface area contributed by atoms with Crippen LogP contribution in [0.15, 0.2) is 71.6 Å². The highest BCUT2D eigenvalue weighted by molar-refractivity contribution is 7.09. The summed E-state index contributed by atoms with van der Waals surface area (Å²) in [5.41, 5.74) is 0.788. The lowest BCUT2D eigenvalue weighted by Gasteiger charge is -2.11. The van der Waals surface area contributed by atoms with Crippen LogP contribution in [0.25, 0.3) is 6.08 Å². The molecular weight excluding hydrogens is 412 g/mol. The van der Waals surface area contributed by atoms with Crippen molar-refractivity contribution in [3.63, 3.8) is 0 Å². The SMILES string of the molecule is COc1ccccc1OCCOc1ccc(/C=C(\C#N)C(=O)NCc2cccs2)cc1. The van der Waals surface area contributed by atoms with Crippen LogP contribution in [0.3, 0.4) is 0 Å². The summed E-state index contributed by atoms with van der Waals surface area (Å²) in [5, 5.41) is 14.0. The van der Waals surface area contributed by atoms with E-state index in [4.69, 9.17) is 14.2 Å². The Morgan fingerprint density at radius 2 is 1.77 bits per heavy atom. The molecule has 3 aromatic rings. The van der Waals surface area contributed by atoms with Gasteiger partial charge in [0, 0.05) is 4.88 Å². The maximum atomic E-state index is 12.2. The van der Waals surface area contributed by atoms with E-state index < -0.39 is 5.91 Å². The van der Waals surface area contributed by atoms with E-state index in [0.717, 1.165) is 10.4 Å². The van der Waals surface area contributed by atoms with Gasteiger partial charge in [0.25, 0.3) is 5.91 Å². The number of hydrogen-bond acceptors (Lipinski definition) is 6. The molecule has 0 aliphatic rings. The minimum absolute atomic E-state index is 0.0513. The number of carbonyl (C=O) groups excluding carboxylic acids is 1. The van der Waals surface area contributed by atoms with Gasteiger partial charge in [-0.1, -0.05) is 30.3 Å². The molecule has 2 aromatic carbocycles. The molecule has 31 heavy (non-hydrogen) atoms. The van der Waals surface area contributed by atoms with Crippen LogP contribution < -0.4 is 19.5 Å². The fourth-order valence-corrected chi connectivity index (χ4v) is 3.35. The minimum atomic E-state index is -0.398. The number of thiophene rings is 1. The molecule has 0 unspecified atom stereocenters. The number of nitrogens with zero attached hydrogens (tertiary/aromatic N) is 1. The van der Waals surface area contributed by atoms with E-state index in [9.17, 15) is 10.1 Å². The second kappa shape index (κ2) is 11.4. The summed E-state index contributed by atoms with van der Waals surface area (Å²) < 4.78 is 16.6. The van der Waals surface area contributed by atoms with Crippen LogP contribution in [-0.4, -0.2) is 26.2 Å². The van der Waals surface area contributed by atoms with Crippen molar-refractivity contribution in [2.75, 3.05) is 20.3 Å². The average Bonchev–Trinajstić information content (AvgIpc) is 3.33. The number of hydrogen-bond donors (Lipinski definition) is 1. The average molecular weight is 435 g/mol. The topological polar surface area (TPSA) is 80.6 Å². The standard InChI is InChI=1S/C24H22N2O4S/c1-28-22-6-2-3-7-23(22)30-13-12-29-20-10-8-18(9-11-20)15-19(16-25)24(27)26-17-21-5-4-14-31-21/h2-11,14-15H,12-13,17H2,1H3,(H,26,27)/b19-15+. The number of amides is 1. The van der Waals surface area contributed by atoms with Crippen molar-refractivity contribution in [3.05, 3.63) is 82.1 Å². The minimum Gasteiger partial charge on any atom is -0.493 e. The van der Waals surface area contributed by atoms with E-state index in [1.807, 2.05) is 47.8 Å². The van der Waals surface area contributed by atoms with E-state index in [-0.39, 0.29) is 5.57 Å². The zero-order valence-corrected chi connectivity index (χ0v) is 17.9. The molecule has 0 radical (unpaired) electrons. The molecule has 0 aliphatic heterocycles. The van der Waals surface area contributed by atoms with Gasteiger partial charge in [0.2, 0.25) is 0 Å². The summed E-state index contributed by atoms with van der Waals surface area (Å²) in [7, 11) is 1.60. The van der Waals surface area contributed by atoms with Crippen LogP contribution in [0.1, 0.15) is 10.4 Å². The predicted octanol–water partition coefficient (Wildman–Crippen LogP) is 4.44. The van der Waals surface area contributed by atoms with Crippen LogP contribution in [-0.2, 0) is 11.3 Å². The van der Waals surface area contributed by atoms with E-state index in [1.54, 1.807) is 48.8 Å². The summed E-state index contributed by atoms with van der Waals surface area (Å²) in [6, 6.07) is 20.4. The van der Waals surface area contributed by atoms with E-state index in [0.29, 0.717) is 37.0 Å². The molecule has 1 amide bonds. The molecule has 7 heteroatoms. The number of nitriles is 1. The highest BCUT2D eigenvalue weighted by Crippen LogP contribution is 2.25. The van der Waals surface area contributed by atoms with Crippen molar-refractivity contribution in [1.82, 2.24) is 5.32 Å². The van der Waals surface area contributed by atoms with Crippen molar-refractivity contribution in [3.8, 4) is 23.3 Å². The molecule has 1 N–H and O–H groups in total. The Labute approximate surface area is 185 Å². The molecule has 158 valence electrons. The Bertz CT molecular complexity index is 1050. The highest BCUT2D eigenvalue weighted by Gasteiger charge is 2.09. The maximum absolute atomic E-state index is 12.2. The third-order valence-corrected chi connectivity index (χ3v) is 5.11. The van der Waals surface area contributed by atoms with Gasteiger partial charge in [0.15, 0.2) is 11.5 Å². The summed E-state index contributed by atoms with van der Waals surface area (Å²) in [6.45, 7) is 1.13. The number of rotatable bonds is 10. The summed E-state index contributed by atoms with van der Waals surface area (Å²) in [6.07, 6.45) is 1.55. The Kier molecular flexibility index (Phi) is 8.09. The van der Waals surface area contributed by atoms with E-state index >= 15 is 0 Å². The van der Waals surface area contributed by atoms with Gasteiger partial charge in [-0.05, 0) is 47.4 Å². The molecular formula is C24H22N2O4S. The third-order valence-electron chi connectivity index (χ3n) is 4.24. The molecule has 1 aromatic heterocycles. The summed E-state index contributed by atoms with van der Waals surface area (Å²) in [4.78, 5) is 13.3. The van der Waals surface area contributed by atoms with Crippen molar-refractivity contribution >= 4 is 23.3 Å². The number of nitrogens with one attached hydrogen (secondary N) is 1. The van der Waals surface area contributed by atoms with Gasteiger partial charge < -0.3 is 19.5 Å². The number of ether oxygens (including phenoxy) is 3. The largest absolute Gasteiger partial charge is 0.493 e. The van der Waals surface area contributed by atoms with Gasteiger partial charge in [-0.15, -0.1) is 11.3 Å². The molecule has 6 nitrogen and oxygen atoms in total. The molecule has 3 rings (SSSR count). The van der Waals surface area contributed by atoms with Gasteiger partial charge in [-0.2, -0.15) is 5.26 Å². The smallest absolute Gasteiger partial charge is 0.262 e. The Hall–Kier alpha value is -3.76. The fraction of sp³-hybridized carbons (Fsp3) is 0.167. The second-order valence-corrected chi connectivity index (χ2v) is 7.38. The van der Waals surface area contributed by atoms with Crippen LogP contribution in [0, 0.1) is 11.3 Å². The Balaban J connectivity index is 1.49. The number of para-hydroxylation sites is 2. The second-order valence-electron chi connectivity index (χ2n) is 6.35. The van der Waals surface area contributed by atoms with Crippen LogP contribution in [0.5, 0.6) is 17.2 Å². The zero-order chi connectivity index (χ0) is 21.9. The number of methoxy groups -OCH3 is 1. The van der Waals surface area contributed by atoms with Gasteiger partial charge in [-0.3, -0.25) is 4.79 Å². The lowest BCUT2D eigenvalue weighted by molar-refractivity contribution is -0.117. The Morgan fingerprint density at radius 1 is 1.03 bits per heavy atom. The highest BCUT2D eigenvalue weighted by atomic mass is 32.1. The Morgan fingerprint density at radius 3 is 2.45 bits per heavy atom. The van der Waals surface area contributed by atoms with E-state index in [1.165, 1.54) is 0 Å².